The largest absolute Gasteiger partial charge is 0.411 e. The van der Waals surface area contributed by atoms with E-state index in [-0.39, 0.29) is 5.54 Å². The van der Waals surface area contributed by atoms with Crippen LogP contribution in [0.2, 0.25) is 0 Å². The molecule has 1 aliphatic rings. The first-order chi connectivity index (χ1) is 9.55. The molecular weight excluding hydrogens is 248 g/mol. The molecule has 3 heteroatoms. The Balaban J connectivity index is 2.04. The van der Waals surface area contributed by atoms with Crippen molar-refractivity contribution in [3.8, 4) is 0 Å². The fraction of sp³-hybridized carbons (Fsp3) is 0.471. The third-order valence-electron chi connectivity index (χ3n) is 4.41. The lowest BCUT2D eigenvalue weighted by molar-refractivity contribution is 0.287. The number of allylic oxidation sites excluding steroid dienone is 1. The van der Waals surface area contributed by atoms with Crippen LogP contribution in [0.1, 0.15) is 38.7 Å². The average molecular weight is 272 g/mol. The van der Waals surface area contributed by atoms with Crippen molar-refractivity contribution < 1.29 is 5.21 Å². The zero-order valence-electron chi connectivity index (χ0n) is 12.4. The van der Waals surface area contributed by atoms with Gasteiger partial charge in [0, 0.05) is 6.54 Å². The van der Waals surface area contributed by atoms with Crippen LogP contribution in [0.4, 0.5) is 0 Å². The number of nitrogens with zero attached hydrogens (tertiary/aromatic N) is 1. The lowest BCUT2D eigenvalue weighted by Gasteiger charge is -2.39. The Labute approximate surface area is 121 Å². The fourth-order valence-electron chi connectivity index (χ4n) is 2.82. The van der Waals surface area contributed by atoms with Gasteiger partial charge in [0.2, 0.25) is 0 Å². The highest BCUT2D eigenvalue weighted by Crippen LogP contribution is 2.33. The van der Waals surface area contributed by atoms with Gasteiger partial charge < -0.3 is 10.5 Å². The van der Waals surface area contributed by atoms with Gasteiger partial charge in [-0.05, 0) is 44.6 Å². The summed E-state index contributed by atoms with van der Waals surface area (Å²) >= 11 is 0. The summed E-state index contributed by atoms with van der Waals surface area (Å²) in [5, 5.41) is 16.5. The van der Waals surface area contributed by atoms with E-state index in [1.807, 2.05) is 18.2 Å². The summed E-state index contributed by atoms with van der Waals surface area (Å²) in [6, 6.07) is 10.3. The molecule has 0 aromatic heterocycles. The molecule has 1 fully saturated rings. The molecule has 0 heterocycles. The van der Waals surface area contributed by atoms with Crippen LogP contribution in [-0.4, -0.2) is 16.5 Å². The Morgan fingerprint density at radius 1 is 1.45 bits per heavy atom. The van der Waals surface area contributed by atoms with Crippen molar-refractivity contribution in [2.75, 3.05) is 0 Å². The second kappa shape index (κ2) is 6.23. The highest BCUT2D eigenvalue weighted by atomic mass is 16.4. The van der Waals surface area contributed by atoms with E-state index in [4.69, 9.17) is 0 Å². The molecular formula is C17H24N2O. The summed E-state index contributed by atoms with van der Waals surface area (Å²) in [6.07, 6.45) is 2.85. The van der Waals surface area contributed by atoms with Crippen molar-refractivity contribution in [2.24, 2.45) is 11.1 Å². The van der Waals surface area contributed by atoms with Gasteiger partial charge in [-0.2, -0.15) is 0 Å². The first kappa shape index (κ1) is 14.8. The maximum atomic E-state index is 9.34. The Bertz CT molecular complexity index is 495. The molecule has 0 unspecified atom stereocenters. The Kier molecular flexibility index (Phi) is 4.61. The molecule has 0 aliphatic heterocycles. The topological polar surface area (TPSA) is 44.6 Å². The molecule has 0 bridgehead atoms. The average Bonchev–Trinajstić information content (AvgIpc) is 2.46. The molecule has 2 N–H and O–H groups in total. The molecule has 0 radical (unpaired) electrons. The second-order valence-corrected chi connectivity index (χ2v) is 6.00. The van der Waals surface area contributed by atoms with Crippen LogP contribution >= 0.6 is 0 Å². The number of rotatable bonds is 4. The van der Waals surface area contributed by atoms with Crippen LogP contribution in [0.25, 0.3) is 0 Å². The van der Waals surface area contributed by atoms with Crippen LogP contribution in [0.3, 0.4) is 0 Å². The van der Waals surface area contributed by atoms with Crippen molar-refractivity contribution in [3.05, 3.63) is 48.0 Å². The molecule has 20 heavy (non-hydrogen) atoms. The van der Waals surface area contributed by atoms with Gasteiger partial charge in [-0.15, -0.1) is 0 Å². The Morgan fingerprint density at radius 2 is 2.15 bits per heavy atom. The smallest absolute Gasteiger partial charge is 0.0774 e. The van der Waals surface area contributed by atoms with Crippen molar-refractivity contribution in [1.29, 1.82) is 0 Å². The van der Waals surface area contributed by atoms with Crippen LogP contribution in [-0.2, 0) is 6.54 Å². The Hall–Kier alpha value is -1.61. The van der Waals surface area contributed by atoms with Crippen LogP contribution < -0.4 is 5.32 Å². The lowest BCUT2D eigenvalue weighted by atomic mass is 9.74. The number of benzene rings is 1. The molecule has 1 aliphatic carbocycles. The normalized spacial score (nSPS) is 28.5. The zero-order chi connectivity index (χ0) is 14.6. The second-order valence-electron chi connectivity index (χ2n) is 6.00. The summed E-state index contributed by atoms with van der Waals surface area (Å²) in [5.41, 5.74) is 3.04. The molecule has 108 valence electrons. The summed E-state index contributed by atoms with van der Waals surface area (Å²) < 4.78 is 0. The van der Waals surface area contributed by atoms with Crippen LogP contribution in [0.15, 0.2) is 47.6 Å². The van der Waals surface area contributed by atoms with E-state index in [1.54, 1.807) is 0 Å². The number of nitrogens with one attached hydrogen (secondary N) is 1. The van der Waals surface area contributed by atoms with Gasteiger partial charge in [0.1, 0.15) is 0 Å². The summed E-state index contributed by atoms with van der Waals surface area (Å²) in [4.78, 5) is 0. The summed E-state index contributed by atoms with van der Waals surface area (Å²) in [7, 11) is 0. The predicted octanol–water partition coefficient (Wildman–Crippen LogP) is 3.74. The van der Waals surface area contributed by atoms with Crippen molar-refractivity contribution in [2.45, 2.75) is 45.2 Å². The quantitative estimate of drug-likeness (QED) is 0.498. The van der Waals surface area contributed by atoms with Gasteiger partial charge in [0.05, 0.1) is 11.3 Å². The minimum atomic E-state index is -0.226. The summed E-state index contributed by atoms with van der Waals surface area (Å²) in [6.45, 7) is 9.00. The van der Waals surface area contributed by atoms with Gasteiger partial charge in [0.15, 0.2) is 0 Å². The molecule has 2 rings (SSSR count). The molecule has 3 nitrogen and oxygen atoms in total. The monoisotopic (exact) mass is 272 g/mol. The minimum absolute atomic E-state index is 0.226. The van der Waals surface area contributed by atoms with Crippen LogP contribution in [0.5, 0.6) is 0 Å². The minimum Gasteiger partial charge on any atom is -0.411 e. The molecule has 1 aromatic rings. The molecule has 0 amide bonds. The molecule has 0 spiro atoms. The van der Waals surface area contributed by atoms with Crippen molar-refractivity contribution in [3.63, 3.8) is 0 Å². The zero-order valence-corrected chi connectivity index (χ0v) is 12.4. The maximum Gasteiger partial charge on any atom is 0.0774 e. The standard InChI is InChI=1S/C17H24N2O/c1-13(2)15-9-10-17(3,16(11-15)19-20)18-12-14-7-5-4-6-8-14/h4-8,15,18,20H,1,9-12H2,2-3H3/b19-16-/t15-,17+/m1/s1. The van der Waals surface area contributed by atoms with Gasteiger partial charge in [-0.1, -0.05) is 47.6 Å². The van der Waals surface area contributed by atoms with Gasteiger partial charge in [0.25, 0.3) is 0 Å². The van der Waals surface area contributed by atoms with E-state index in [9.17, 15) is 5.21 Å². The third kappa shape index (κ3) is 3.28. The van der Waals surface area contributed by atoms with Gasteiger partial charge in [-0.25, -0.2) is 0 Å². The van der Waals surface area contributed by atoms with Crippen molar-refractivity contribution in [1.82, 2.24) is 5.32 Å². The van der Waals surface area contributed by atoms with E-state index in [0.717, 1.165) is 31.5 Å². The van der Waals surface area contributed by atoms with E-state index >= 15 is 0 Å². The van der Waals surface area contributed by atoms with Gasteiger partial charge in [-0.3, -0.25) is 0 Å². The highest BCUT2D eigenvalue weighted by Gasteiger charge is 2.37. The van der Waals surface area contributed by atoms with E-state index < -0.39 is 0 Å². The SMILES string of the molecule is C=C(C)[C@@H]1CC[C@](C)(NCc2ccccc2)/C(=N\O)C1. The highest BCUT2D eigenvalue weighted by molar-refractivity contribution is 5.93. The summed E-state index contributed by atoms with van der Waals surface area (Å²) in [5.74, 6) is 0.438. The first-order valence-corrected chi connectivity index (χ1v) is 7.21. The molecule has 1 saturated carbocycles. The molecule has 1 aromatic carbocycles. The third-order valence-corrected chi connectivity index (χ3v) is 4.41. The van der Waals surface area contributed by atoms with E-state index in [0.29, 0.717) is 5.92 Å². The van der Waals surface area contributed by atoms with Crippen LogP contribution in [0, 0.1) is 5.92 Å². The maximum absolute atomic E-state index is 9.34. The van der Waals surface area contributed by atoms with Gasteiger partial charge >= 0.3 is 0 Å². The Morgan fingerprint density at radius 3 is 2.75 bits per heavy atom. The van der Waals surface area contributed by atoms with Crippen molar-refractivity contribution >= 4 is 5.71 Å². The predicted molar refractivity (Wildman–Crippen MR) is 83.1 cm³/mol. The van der Waals surface area contributed by atoms with E-state index in [2.05, 4.69) is 43.0 Å². The number of hydrogen-bond donors (Lipinski definition) is 2. The number of hydrogen-bond acceptors (Lipinski definition) is 3. The van der Waals surface area contributed by atoms with E-state index in [1.165, 1.54) is 11.1 Å². The molecule has 2 atom stereocenters. The number of oxime groups is 1. The first-order valence-electron chi connectivity index (χ1n) is 7.21. The fourth-order valence-corrected chi connectivity index (χ4v) is 2.82. The lowest BCUT2D eigenvalue weighted by Crippen LogP contribution is -2.52. The molecule has 0 saturated heterocycles.